The van der Waals surface area contributed by atoms with Crippen molar-refractivity contribution < 1.29 is 24.2 Å². The first-order chi connectivity index (χ1) is 8.52. The maximum atomic E-state index is 11.7. The highest BCUT2D eigenvalue weighted by atomic mass is 16.5. The minimum Gasteiger partial charge on any atom is -0.480 e. The second-order valence-electron chi connectivity index (χ2n) is 4.28. The van der Waals surface area contributed by atoms with E-state index in [1.807, 2.05) is 0 Å². The number of ether oxygens (including phenoxy) is 1. The average molecular weight is 258 g/mol. The molecule has 1 aliphatic rings. The predicted molar refractivity (Wildman–Crippen MR) is 62.0 cm³/mol. The van der Waals surface area contributed by atoms with Crippen molar-refractivity contribution in [1.29, 1.82) is 0 Å². The first-order valence-electron chi connectivity index (χ1n) is 5.84. The van der Waals surface area contributed by atoms with Crippen LogP contribution in [0.5, 0.6) is 0 Å². The normalized spacial score (nSPS) is 13.8. The molecule has 0 aliphatic heterocycles. The quantitative estimate of drug-likeness (QED) is 0.629. The number of hydrogen-bond acceptors (Lipinski definition) is 4. The van der Waals surface area contributed by atoms with Gasteiger partial charge >= 0.3 is 18.0 Å². The Morgan fingerprint density at radius 1 is 1.39 bits per heavy atom. The highest BCUT2D eigenvalue weighted by molar-refractivity contribution is 5.80. The Morgan fingerprint density at radius 2 is 2.06 bits per heavy atom. The summed E-state index contributed by atoms with van der Waals surface area (Å²) < 4.78 is 4.43. The molecule has 18 heavy (non-hydrogen) atoms. The second kappa shape index (κ2) is 6.83. The standard InChI is InChI=1S/C11H18N2O5/c1-18-10(16)4-5-12-11(17)13(7-9(14)15)6-8-2-3-8/h8H,2-7H2,1H3,(H,12,17)(H,14,15). The van der Waals surface area contributed by atoms with Crippen LogP contribution in [0, 0.1) is 5.92 Å². The van der Waals surface area contributed by atoms with Gasteiger partial charge in [0.25, 0.3) is 0 Å². The van der Waals surface area contributed by atoms with Gasteiger partial charge in [-0.3, -0.25) is 9.59 Å². The molecule has 1 saturated carbocycles. The molecule has 1 fully saturated rings. The van der Waals surface area contributed by atoms with Gasteiger partial charge in [-0.05, 0) is 18.8 Å². The lowest BCUT2D eigenvalue weighted by atomic mass is 10.3. The summed E-state index contributed by atoms with van der Waals surface area (Å²) in [6.07, 6.45) is 2.14. The SMILES string of the molecule is COC(=O)CCNC(=O)N(CC(=O)O)CC1CC1. The third-order valence-electron chi connectivity index (χ3n) is 2.62. The summed E-state index contributed by atoms with van der Waals surface area (Å²) in [5, 5.41) is 11.2. The fourth-order valence-corrected chi connectivity index (χ4v) is 1.48. The third-order valence-corrected chi connectivity index (χ3v) is 2.62. The topological polar surface area (TPSA) is 95.9 Å². The van der Waals surface area contributed by atoms with Gasteiger partial charge in [0.2, 0.25) is 0 Å². The molecule has 0 bridgehead atoms. The molecule has 0 heterocycles. The Bertz CT molecular complexity index is 327. The maximum absolute atomic E-state index is 11.7. The molecule has 7 nitrogen and oxygen atoms in total. The first kappa shape index (κ1) is 14.3. The van der Waals surface area contributed by atoms with Crippen molar-refractivity contribution in [3.05, 3.63) is 0 Å². The molecule has 2 N–H and O–H groups in total. The number of nitrogens with zero attached hydrogens (tertiary/aromatic N) is 1. The van der Waals surface area contributed by atoms with Crippen LogP contribution >= 0.6 is 0 Å². The third kappa shape index (κ3) is 5.51. The van der Waals surface area contributed by atoms with Crippen molar-refractivity contribution in [2.24, 2.45) is 5.92 Å². The molecule has 0 radical (unpaired) electrons. The number of amides is 2. The van der Waals surface area contributed by atoms with E-state index in [1.165, 1.54) is 12.0 Å². The molecule has 0 aromatic rings. The number of methoxy groups -OCH3 is 1. The van der Waals surface area contributed by atoms with Crippen LogP contribution in [0.4, 0.5) is 4.79 Å². The fraction of sp³-hybridized carbons (Fsp3) is 0.727. The average Bonchev–Trinajstić information content (AvgIpc) is 3.11. The lowest BCUT2D eigenvalue weighted by Gasteiger charge is -2.20. The number of carbonyl (C=O) groups excluding carboxylic acids is 2. The zero-order valence-corrected chi connectivity index (χ0v) is 10.3. The lowest BCUT2D eigenvalue weighted by molar-refractivity contribution is -0.140. The minimum atomic E-state index is -1.04. The predicted octanol–water partition coefficient (Wildman–Crippen LogP) is 0.0557. The van der Waals surface area contributed by atoms with Gasteiger partial charge in [0.05, 0.1) is 13.5 Å². The van der Waals surface area contributed by atoms with Crippen molar-refractivity contribution in [1.82, 2.24) is 10.2 Å². The molecular weight excluding hydrogens is 240 g/mol. The Hall–Kier alpha value is -1.79. The van der Waals surface area contributed by atoms with Crippen LogP contribution < -0.4 is 5.32 Å². The molecule has 102 valence electrons. The van der Waals surface area contributed by atoms with E-state index in [-0.39, 0.29) is 19.5 Å². The molecule has 2 amide bonds. The first-order valence-corrected chi connectivity index (χ1v) is 5.84. The fourth-order valence-electron chi connectivity index (χ4n) is 1.48. The highest BCUT2D eigenvalue weighted by Crippen LogP contribution is 2.29. The molecular formula is C11H18N2O5. The highest BCUT2D eigenvalue weighted by Gasteiger charge is 2.27. The van der Waals surface area contributed by atoms with Crippen LogP contribution in [0.15, 0.2) is 0 Å². The molecule has 0 unspecified atom stereocenters. The van der Waals surface area contributed by atoms with Gasteiger partial charge in [0.1, 0.15) is 6.54 Å². The number of nitrogens with one attached hydrogen (secondary N) is 1. The van der Waals surface area contributed by atoms with Gasteiger partial charge in [-0.2, -0.15) is 0 Å². The molecule has 7 heteroatoms. The molecule has 0 spiro atoms. The Balaban J connectivity index is 2.32. The van der Waals surface area contributed by atoms with Gasteiger partial charge < -0.3 is 20.1 Å². The Kier molecular flexibility index (Phi) is 5.41. The molecule has 0 aromatic carbocycles. The number of carboxylic acids is 1. The Labute approximate surface area is 105 Å². The summed E-state index contributed by atoms with van der Waals surface area (Å²) in [6, 6.07) is -0.451. The number of aliphatic carboxylic acids is 1. The Morgan fingerprint density at radius 3 is 2.56 bits per heavy atom. The number of rotatable bonds is 7. The van der Waals surface area contributed by atoms with E-state index in [1.54, 1.807) is 0 Å². The van der Waals surface area contributed by atoms with Gasteiger partial charge in [-0.1, -0.05) is 0 Å². The summed E-state index contributed by atoms with van der Waals surface area (Å²) in [5.41, 5.74) is 0. The number of carboxylic acid groups (broad SMARTS) is 1. The zero-order valence-electron chi connectivity index (χ0n) is 10.3. The van der Waals surface area contributed by atoms with E-state index in [2.05, 4.69) is 10.1 Å². The monoisotopic (exact) mass is 258 g/mol. The van der Waals surface area contributed by atoms with Crippen molar-refractivity contribution in [2.45, 2.75) is 19.3 Å². The number of urea groups is 1. The largest absolute Gasteiger partial charge is 0.480 e. The number of carbonyl (C=O) groups is 3. The summed E-state index contributed by atoms with van der Waals surface area (Å²) in [7, 11) is 1.27. The van der Waals surface area contributed by atoms with Gasteiger partial charge in [0.15, 0.2) is 0 Å². The zero-order chi connectivity index (χ0) is 13.5. The van der Waals surface area contributed by atoms with Crippen molar-refractivity contribution in [3.8, 4) is 0 Å². The second-order valence-corrected chi connectivity index (χ2v) is 4.28. The smallest absolute Gasteiger partial charge is 0.323 e. The van der Waals surface area contributed by atoms with E-state index in [4.69, 9.17) is 5.11 Å². The van der Waals surface area contributed by atoms with Crippen LogP contribution in [0.3, 0.4) is 0 Å². The van der Waals surface area contributed by atoms with Gasteiger partial charge in [-0.25, -0.2) is 4.79 Å². The summed E-state index contributed by atoms with van der Waals surface area (Å²) in [4.78, 5) is 34.5. The van der Waals surface area contributed by atoms with Crippen LogP contribution in [0.2, 0.25) is 0 Å². The van der Waals surface area contributed by atoms with Crippen LogP contribution in [0.1, 0.15) is 19.3 Å². The minimum absolute atomic E-state index is 0.0760. The van der Waals surface area contributed by atoms with Gasteiger partial charge in [0, 0.05) is 13.1 Å². The van der Waals surface area contributed by atoms with Gasteiger partial charge in [-0.15, -0.1) is 0 Å². The maximum Gasteiger partial charge on any atom is 0.323 e. The van der Waals surface area contributed by atoms with Crippen molar-refractivity contribution >= 4 is 18.0 Å². The lowest BCUT2D eigenvalue weighted by Crippen LogP contribution is -2.44. The van der Waals surface area contributed by atoms with Crippen molar-refractivity contribution in [3.63, 3.8) is 0 Å². The molecule has 1 aliphatic carbocycles. The van der Waals surface area contributed by atoms with Crippen LogP contribution in [-0.4, -0.2) is 54.7 Å². The van der Waals surface area contributed by atoms with E-state index in [0.717, 1.165) is 12.8 Å². The molecule has 0 atom stereocenters. The van der Waals surface area contributed by atoms with E-state index in [0.29, 0.717) is 12.5 Å². The van der Waals surface area contributed by atoms with E-state index in [9.17, 15) is 14.4 Å². The van der Waals surface area contributed by atoms with Crippen molar-refractivity contribution in [2.75, 3.05) is 26.7 Å². The molecule has 0 aromatic heterocycles. The van der Waals surface area contributed by atoms with E-state index < -0.39 is 18.0 Å². The molecule has 0 saturated heterocycles. The number of esters is 1. The molecule has 1 rings (SSSR count). The number of hydrogen-bond donors (Lipinski definition) is 2. The van der Waals surface area contributed by atoms with E-state index >= 15 is 0 Å². The summed E-state index contributed by atoms with van der Waals surface area (Å²) >= 11 is 0. The summed E-state index contributed by atoms with van der Waals surface area (Å²) in [5.74, 6) is -1.04. The summed E-state index contributed by atoms with van der Waals surface area (Å²) in [6.45, 7) is 0.281. The van der Waals surface area contributed by atoms with Crippen LogP contribution in [0.25, 0.3) is 0 Å². The van der Waals surface area contributed by atoms with Crippen LogP contribution in [-0.2, 0) is 14.3 Å².